The number of halogens is 1. The number of nitrogens with one attached hydrogen (secondary N) is 1. The molecule has 146 valence electrons. The molecule has 4 rings (SSSR count). The van der Waals surface area contributed by atoms with Gasteiger partial charge in [0.2, 0.25) is 0 Å². The normalized spacial score (nSPS) is 11.0. The summed E-state index contributed by atoms with van der Waals surface area (Å²) in [5.74, 6) is 0.848. The number of anilines is 1. The molecular formula is C21H16ClN3O3S. The van der Waals surface area contributed by atoms with Crippen molar-refractivity contribution in [2.45, 2.75) is 17.6 Å². The summed E-state index contributed by atoms with van der Waals surface area (Å²) in [7, 11) is 0. The van der Waals surface area contributed by atoms with E-state index in [9.17, 15) is 9.59 Å². The molecule has 2 heterocycles. The minimum atomic E-state index is -0.263. The molecule has 0 aliphatic carbocycles. The third-order valence-electron chi connectivity index (χ3n) is 4.12. The van der Waals surface area contributed by atoms with Crippen LogP contribution in [0.1, 0.15) is 21.8 Å². The first-order valence-corrected chi connectivity index (χ1v) is 10.1. The smallest absolute Gasteiger partial charge is 0.287 e. The summed E-state index contributed by atoms with van der Waals surface area (Å²) in [4.78, 5) is 30.0. The average molecular weight is 426 g/mol. The summed E-state index contributed by atoms with van der Waals surface area (Å²) >= 11 is 7.45. The van der Waals surface area contributed by atoms with Gasteiger partial charge < -0.3 is 9.84 Å². The van der Waals surface area contributed by atoms with E-state index in [1.54, 1.807) is 37.3 Å². The highest BCUT2D eigenvalue weighted by Crippen LogP contribution is 2.30. The number of thioether (sulfide) groups is 1. The number of hydrogen-bond acceptors (Lipinski definition) is 5. The highest BCUT2D eigenvalue weighted by Gasteiger charge is 2.11. The van der Waals surface area contributed by atoms with E-state index in [1.165, 1.54) is 22.4 Å². The molecule has 2 aromatic carbocycles. The van der Waals surface area contributed by atoms with Crippen LogP contribution in [0.3, 0.4) is 0 Å². The molecule has 29 heavy (non-hydrogen) atoms. The fourth-order valence-electron chi connectivity index (χ4n) is 2.82. The Morgan fingerprint density at radius 1 is 1.17 bits per heavy atom. The van der Waals surface area contributed by atoms with Gasteiger partial charge in [-0.2, -0.15) is 0 Å². The zero-order chi connectivity index (χ0) is 20.4. The Hall–Kier alpha value is -3.03. The maximum absolute atomic E-state index is 12.5. The minimum absolute atomic E-state index is 0.243. The quantitative estimate of drug-likeness (QED) is 0.465. The molecule has 6 nitrogen and oxygen atoms in total. The topological polar surface area (TPSA) is 76.6 Å². The van der Waals surface area contributed by atoms with Crippen LogP contribution in [0.15, 0.2) is 74.9 Å². The van der Waals surface area contributed by atoms with Gasteiger partial charge in [-0.1, -0.05) is 29.8 Å². The lowest BCUT2D eigenvalue weighted by Gasteiger charge is -2.11. The molecule has 0 saturated heterocycles. The number of para-hydroxylation sites is 1. The van der Waals surface area contributed by atoms with Crippen LogP contribution in [-0.4, -0.2) is 15.5 Å². The van der Waals surface area contributed by atoms with Crippen molar-refractivity contribution in [1.29, 1.82) is 0 Å². The maximum Gasteiger partial charge on any atom is 0.287 e. The molecule has 0 unspecified atom stereocenters. The summed E-state index contributed by atoms with van der Waals surface area (Å²) in [6.45, 7) is 1.77. The van der Waals surface area contributed by atoms with E-state index >= 15 is 0 Å². The Kier molecular flexibility index (Phi) is 5.42. The summed E-state index contributed by atoms with van der Waals surface area (Å²) in [5.41, 5.74) is 2.01. The SMILES string of the molecule is Cc1cc2nc(CSc3ccccc3NC(=O)c3cccc(Cl)c3)cc(=O)n2o1. The van der Waals surface area contributed by atoms with Crippen molar-refractivity contribution in [2.24, 2.45) is 0 Å². The minimum Gasteiger partial charge on any atom is -0.375 e. The summed E-state index contributed by atoms with van der Waals surface area (Å²) in [5, 5.41) is 3.42. The Bertz CT molecular complexity index is 1270. The van der Waals surface area contributed by atoms with Gasteiger partial charge in [-0.3, -0.25) is 9.59 Å². The number of nitrogens with zero attached hydrogens (tertiary/aromatic N) is 2. The zero-order valence-corrected chi connectivity index (χ0v) is 17.0. The van der Waals surface area contributed by atoms with Gasteiger partial charge in [0, 0.05) is 33.4 Å². The lowest BCUT2D eigenvalue weighted by Crippen LogP contribution is -2.13. The zero-order valence-electron chi connectivity index (χ0n) is 15.4. The molecule has 1 amide bonds. The fraction of sp³-hybridized carbons (Fsp3) is 0.0952. The summed E-state index contributed by atoms with van der Waals surface area (Å²) < 4.78 is 6.48. The van der Waals surface area contributed by atoms with Crippen molar-refractivity contribution >= 4 is 40.6 Å². The Balaban J connectivity index is 1.53. The Labute approximate surface area is 175 Å². The van der Waals surface area contributed by atoms with Crippen LogP contribution in [0.25, 0.3) is 5.65 Å². The molecule has 0 aliphatic rings. The summed E-state index contributed by atoms with van der Waals surface area (Å²) in [6, 6.07) is 17.4. The molecule has 0 aliphatic heterocycles. The van der Waals surface area contributed by atoms with Crippen molar-refractivity contribution < 1.29 is 9.32 Å². The highest BCUT2D eigenvalue weighted by atomic mass is 35.5. The first kappa shape index (κ1) is 19.3. The van der Waals surface area contributed by atoms with Crippen LogP contribution in [0, 0.1) is 6.92 Å². The van der Waals surface area contributed by atoms with Crippen molar-refractivity contribution in [3.63, 3.8) is 0 Å². The van der Waals surface area contributed by atoms with E-state index in [2.05, 4.69) is 10.3 Å². The third kappa shape index (κ3) is 4.36. The molecule has 0 spiro atoms. The molecule has 2 aromatic heterocycles. The van der Waals surface area contributed by atoms with Gasteiger partial charge in [0.15, 0.2) is 5.65 Å². The fourth-order valence-corrected chi connectivity index (χ4v) is 3.91. The first-order chi connectivity index (χ1) is 14.0. The van der Waals surface area contributed by atoms with Gasteiger partial charge in [-0.15, -0.1) is 16.3 Å². The van der Waals surface area contributed by atoms with Crippen LogP contribution in [0.5, 0.6) is 0 Å². The summed E-state index contributed by atoms with van der Waals surface area (Å²) in [6.07, 6.45) is 0. The van der Waals surface area contributed by atoms with E-state index in [4.69, 9.17) is 16.1 Å². The van der Waals surface area contributed by atoms with Crippen LogP contribution >= 0.6 is 23.4 Å². The van der Waals surface area contributed by atoms with Crippen molar-refractivity contribution in [2.75, 3.05) is 5.32 Å². The van der Waals surface area contributed by atoms with E-state index in [1.807, 2.05) is 24.3 Å². The second-order valence-electron chi connectivity index (χ2n) is 6.33. The van der Waals surface area contributed by atoms with Crippen LogP contribution in [0.2, 0.25) is 5.02 Å². The van der Waals surface area contributed by atoms with Crippen molar-refractivity contribution in [3.8, 4) is 0 Å². The van der Waals surface area contributed by atoms with Gasteiger partial charge in [0.25, 0.3) is 11.5 Å². The van der Waals surface area contributed by atoms with E-state index in [0.29, 0.717) is 39.1 Å². The Morgan fingerprint density at radius 3 is 2.83 bits per heavy atom. The van der Waals surface area contributed by atoms with Crippen molar-refractivity contribution in [1.82, 2.24) is 9.56 Å². The molecule has 4 aromatic rings. The van der Waals surface area contributed by atoms with Gasteiger partial charge >= 0.3 is 0 Å². The third-order valence-corrected chi connectivity index (χ3v) is 5.46. The van der Waals surface area contributed by atoms with E-state index in [0.717, 1.165) is 4.90 Å². The molecule has 0 fully saturated rings. The maximum atomic E-state index is 12.5. The number of fused-ring (bicyclic) bond motifs is 1. The predicted octanol–water partition coefficient (Wildman–Crippen LogP) is 4.79. The molecule has 0 radical (unpaired) electrons. The average Bonchev–Trinajstić information content (AvgIpc) is 3.08. The molecule has 8 heteroatoms. The lowest BCUT2D eigenvalue weighted by atomic mass is 10.2. The van der Waals surface area contributed by atoms with Crippen LogP contribution in [-0.2, 0) is 5.75 Å². The monoisotopic (exact) mass is 425 g/mol. The predicted molar refractivity (Wildman–Crippen MR) is 114 cm³/mol. The standard InChI is InChI=1S/C21H16ClN3O3S/c1-13-9-19-23-16(11-20(26)25(19)28-13)12-29-18-8-3-2-7-17(18)24-21(27)14-5-4-6-15(22)10-14/h2-11H,12H2,1H3,(H,24,27). The lowest BCUT2D eigenvalue weighted by molar-refractivity contribution is 0.102. The number of carbonyl (C=O) groups is 1. The first-order valence-electron chi connectivity index (χ1n) is 8.78. The van der Waals surface area contributed by atoms with Crippen LogP contribution in [0.4, 0.5) is 5.69 Å². The molecular weight excluding hydrogens is 410 g/mol. The molecule has 1 N–H and O–H groups in total. The van der Waals surface area contributed by atoms with Crippen LogP contribution < -0.4 is 10.9 Å². The van der Waals surface area contributed by atoms with Crippen molar-refractivity contribution in [3.05, 3.63) is 93.1 Å². The number of hydrogen-bond donors (Lipinski definition) is 1. The Morgan fingerprint density at radius 2 is 2.00 bits per heavy atom. The largest absolute Gasteiger partial charge is 0.375 e. The number of aromatic nitrogens is 2. The number of carbonyl (C=O) groups excluding carboxylic acids is 1. The van der Waals surface area contributed by atoms with Gasteiger partial charge in [0.05, 0.1) is 11.4 Å². The molecule has 0 bridgehead atoms. The number of rotatable bonds is 5. The van der Waals surface area contributed by atoms with Gasteiger partial charge in [0.1, 0.15) is 5.76 Å². The number of benzene rings is 2. The highest BCUT2D eigenvalue weighted by molar-refractivity contribution is 7.98. The number of aryl methyl sites for hydroxylation is 1. The van der Waals surface area contributed by atoms with Gasteiger partial charge in [-0.25, -0.2) is 4.98 Å². The molecule has 0 atom stereocenters. The van der Waals surface area contributed by atoms with E-state index < -0.39 is 0 Å². The molecule has 0 saturated carbocycles. The van der Waals surface area contributed by atoms with E-state index in [-0.39, 0.29) is 11.5 Å². The second kappa shape index (κ2) is 8.14. The second-order valence-corrected chi connectivity index (χ2v) is 7.79. The number of amides is 1. The van der Waals surface area contributed by atoms with Gasteiger partial charge in [-0.05, 0) is 37.3 Å².